The number of benzene rings is 2. The first-order valence-electron chi connectivity index (χ1n) is 15.1. The average Bonchev–Trinajstić information content (AvgIpc) is 3.66. The highest BCUT2D eigenvalue weighted by atomic mass is 35.5. The van der Waals surface area contributed by atoms with Gasteiger partial charge in [0.25, 0.3) is 5.91 Å². The van der Waals surface area contributed by atoms with Crippen LogP contribution in [-0.2, 0) is 19.1 Å². The molecule has 3 aliphatic heterocycles. The second kappa shape index (κ2) is 13.5. The predicted octanol–water partition coefficient (Wildman–Crippen LogP) is 5.01. The zero-order valence-corrected chi connectivity index (χ0v) is 25.2. The topological polar surface area (TPSA) is 90.4 Å². The van der Waals surface area contributed by atoms with Gasteiger partial charge in [-0.25, -0.2) is 0 Å². The standard InChI is InChI=1S/C34H40ClN3O5/c1-3-20-36(24-14-8-7-9-15-24)31(40)28-27-18-19-34(43-27)29(28)32(41)38(22-12-5-6-13-23-39)30(34)33(42)37(21-4-2)26-17-11-10-16-25(26)35/h3-4,7-11,14-17,27-30,39H,1-2,5-6,12-13,18-23H2/t27-,28+,29-,30?,34?/m0/s1. The van der Waals surface area contributed by atoms with Crippen LogP contribution in [0.25, 0.3) is 0 Å². The number of carbonyl (C=O) groups is 3. The Hall–Kier alpha value is -3.46. The van der Waals surface area contributed by atoms with E-state index in [0.717, 1.165) is 18.5 Å². The molecule has 3 fully saturated rings. The van der Waals surface area contributed by atoms with Crippen molar-refractivity contribution >= 4 is 40.7 Å². The summed E-state index contributed by atoms with van der Waals surface area (Å²) in [5.41, 5.74) is 0.131. The Morgan fingerprint density at radius 2 is 1.65 bits per heavy atom. The molecule has 2 aromatic rings. The number of unbranched alkanes of at least 4 members (excludes halogenated alkanes) is 3. The van der Waals surface area contributed by atoms with E-state index in [-0.39, 0.29) is 37.4 Å². The fourth-order valence-electron chi connectivity index (χ4n) is 7.20. The summed E-state index contributed by atoms with van der Waals surface area (Å²) in [7, 11) is 0. The number of hydrogen-bond donors (Lipinski definition) is 1. The molecule has 1 N–H and O–H groups in total. The molecule has 8 nitrogen and oxygen atoms in total. The number of likely N-dealkylation sites (tertiary alicyclic amines) is 1. The van der Waals surface area contributed by atoms with Gasteiger partial charge in [0.1, 0.15) is 11.6 Å². The second-order valence-corrected chi connectivity index (χ2v) is 11.9. The van der Waals surface area contributed by atoms with Gasteiger partial charge in [-0.2, -0.15) is 0 Å². The van der Waals surface area contributed by atoms with Crippen molar-refractivity contribution < 1.29 is 24.2 Å². The van der Waals surface area contributed by atoms with E-state index in [4.69, 9.17) is 16.3 Å². The lowest BCUT2D eigenvalue weighted by atomic mass is 9.70. The highest BCUT2D eigenvalue weighted by Gasteiger charge is 2.75. The third-order valence-corrected chi connectivity index (χ3v) is 9.31. The fraction of sp³-hybridized carbons (Fsp3) is 0.441. The van der Waals surface area contributed by atoms with Crippen LogP contribution in [0.4, 0.5) is 11.4 Å². The Morgan fingerprint density at radius 3 is 2.35 bits per heavy atom. The van der Waals surface area contributed by atoms with Crippen molar-refractivity contribution in [2.24, 2.45) is 11.8 Å². The predicted molar refractivity (Wildman–Crippen MR) is 168 cm³/mol. The van der Waals surface area contributed by atoms with Crippen molar-refractivity contribution in [2.75, 3.05) is 36.0 Å². The van der Waals surface area contributed by atoms with Crippen LogP contribution in [0.5, 0.6) is 0 Å². The molecule has 5 rings (SSSR count). The van der Waals surface area contributed by atoms with Gasteiger partial charge in [-0.15, -0.1) is 13.2 Å². The van der Waals surface area contributed by atoms with E-state index in [2.05, 4.69) is 13.2 Å². The molecule has 0 saturated carbocycles. The summed E-state index contributed by atoms with van der Waals surface area (Å²) < 4.78 is 6.68. The molecule has 5 atom stereocenters. The van der Waals surface area contributed by atoms with Crippen molar-refractivity contribution in [3.8, 4) is 0 Å². The Balaban J connectivity index is 1.53. The molecule has 2 aromatic carbocycles. The summed E-state index contributed by atoms with van der Waals surface area (Å²) in [5.74, 6) is -2.20. The van der Waals surface area contributed by atoms with Crippen molar-refractivity contribution in [1.82, 2.24) is 4.90 Å². The summed E-state index contributed by atoms with van der Waals surface area (Å²) in [6.07, 6.45) is 6.91. The maximum Gasteiger partial charge on any atom is 0.253 e. The molecule has 3 heterocycles. The van der Waals surface area contributed by atoms with Gasteiger partial charge in [-0.3, -0.25) is 14.4 Å². The minimum atomic E-state index is -1.12. The Bertz CT molecular complexity index is 1350. The first-order chi connectivity index (χ1) is 20.9. The maximum absolute atomic E-state index is 14.6. The molecule has 3 saturated heterocycles. The molecule has 3 aliphatic rings. The second-order valence-electron chi connectivity index (χ2n) is 11.5. The molecule has 0 aromatic heterocycles. The summed E-state index contributed by atoms with van der Waals surface area (Å²) in [4.78, 5) is 48.3. The molecule has 3 amide bonds. The van der Waals surface area contributed by atoms with Crippen LogP contribution in [0.15, 0.2) is 79.9 Å². The number of hydrogen-bond acceptors (Lipinski definition) is 5. The van der Waals surface area contributed by atoms with Crippen molar-refractivity contribution in [3.63, 3.8) is 0 Å². The Morgan fingerprint density at radius 1 is 0.977 bits per heavy atom. The number of carbonyl (C=O) groups excluding carboxylic acids is 3. The summed E-state index contributed by atoms with van der Waals surface area (Å²) in [5, 5.41) is 9.63. The minimum absolute atomic E-state index is 0.116. The SMILES string of the molecule is C=CCN(C(=O)[C@@H]1[C@@H]2CCC3(O2)C(C(=O)N(CC=C)c2ccccc2Cl)N(CCCCCCO)C(=O)[C@H]13)c1ccccc1. The molecule has 2 unspecified atom stereocenters. The van der Waals surface area contributed by atoms with E-state index >= 15 is 0 Å². The first-order valence-corrected chi connectivity index (χ1v) is 15.5. The normalized spacial score (nSPS) is 25.4. The smallest absolute Gasteiger partial charge is 0.253 e. The Kier molecular flexibility index (Phi) is 9.69. The molecule has 1 spiro atoms. The Labute approximate surface area is 258 Å². The number of aliphatic hydroxyl groups is 1. The number of fused-ring (bicyclic) bond motifs is 1. The number of amides is 3. The third-order valence-electron chi connectivity index (χ3n) is 8.99. The quantitative estimate of drug-likeness (QED) is 0.242. The van der Waals surface area contributed by atoms with E-state index < -0.39 is 29.6 Å². The van der Waals surface area contributed by atoms with Crippen LogP contribution < -0.4 is 9.80 Å². The van der Waals surface area contributed by atoms with Crippen LogP contribution in [0.3, 0.4) is 0 Å². The van der Waals surface area contributed by atoms with Crippen LogP contribution in [0.2, 0.25) is 5.02 Å². The molecule has 9 heteroatoms. The molecule has 228 valence electrons. The molecular weight excluding hydrogens is 566 g/mol. The van der Waals surface area contributed by atoms with Gasteiger partial charge in [0, 0.05) is 31.9 Å². The van der Waals surface area contributed by atoms with E-state index in [0.29, 0.717) is 42.9 Å². The maximum atomic E-state index is 14.6. The lowest BCUT2D eigenvalue weighted by Crippen LogP contribution is -2.56. The van der Waals surface area contributed by atoms with Crippen LogP contribution in [0, 0.1) is 11.8 Å². The van der Waals surface area contributed by atoms with Gasteiger partial charge < -0.3 is 24.5 Å². The number of ether oxygens (including phenoxy) is 1. The van der Waals surface area contributed by atoms with Gasteiger partial charge in [0.05, 0.1) is 28.6 Å². The van der Waals surface area contributed by atoms with Gasteiger partial charge in [0.2, 0.25) is 11.8 Å². The number of rotatable bonds is 14. The highest BCUT2D eigenvalue weighted by Crippen LogP contribution is 2.59. The monoisotopic (exact) mass is 605 g/mol. The minimum Gasteiger partial charge on any atom is -0.396 e. The van der Waals surface area contributed by atoms with Crippen molar-refractivity contribution in [1.29, 1.82) is 0 Å². The molecule has 2 bridgehead atoms. The van der Waals surface area contributed by atoms with Crippen molar-refractivity contribution in [2.45, 2.75) is 56.3 Å². The number of anilines is 2. The average molecular weight is 606 g/mol. The fourth-order valence-corrected chi connectivity index (χ4v) is 7.43. The van der Waals surface area contributed by atoms with Gasteiger partial charge in [-0.05, 0) is 49.9 Å². The molecule has 0 radical (unpaired) electrons. The highest BCUT2D eigenvalue weighted by molar-refractivity contribution is 6.34. The van der Waals surface area contributed by atoms with Gasteiger partial charge in [-0.1, -0.05) is 66.9 Å². The van der Waals surface area contributed by atoms with Gasteiger partial charge >= 0.3 is 0 Å². The first kappa shape index (κ1) is 31.0. The zero-order chi connectivity index (χ0) is 30.6. The van der Waals surface area contributed by atoms with E-state index in [1.165, 1.54) is 0 Å². The van der Waals surface area contributed by atoms with Gasteiger partial charge in [0.15, 0.2) is 0 Å². The van der Waals surface area contributed by atoms with Crippen LogP contribution in [0.1, 0.15) is 38.5 Å². The van der Waals surface area contributed by atoms with E-state index in [1.54, 1.807) is 45.1 Å². The third kappa shape index (κ3) is 5.64. The largest absolute Gasteiger partial charge is 0.396 e. The molecule has 0 aliphatic carbocycles. The lowest BCUT2D eigenvalue weighted by Gasteiger charge is -2.37. The number of para-hydroxylation sites is 2. The number of aliphatic hydroxyl groups excluding tert-OH is 1. The number of halogens is 1. The van der Waals surface area contributed by atoms with E-state index in [1.807, 2.05) is 36.4 Å². The van der Waals surface area contributed by atoms with Crippen molar-refractivity contribution in [3.05, 3.63) is 84.9 Å². The zero-order valence-electron chi connectivity index (χ0n) is 24.4. The molecule has 43 heavy (non-hydrogen) atoms. The van der Waals surface area contributed by atoms with Crippen LogP contribution >= 0.6 is 11.6 Å². The van der Waals surface area contributed by atoms with E-state index in [9.17, 15) is 19.5 Å². The summed E-state index contributed by atoms with van der Waals surface area (Å²) in [6.45, 7) is 8.67. The van der Waals surface area contributed by atoms with Crippen LogP contribution in [-0.4, -0.2) is 71.7 Å². The lowest BCUT2D eigenvalue weighted by molar-refractivity contribution is -0.140. The number of nitrogens with zero attached hydrogens (tertiary/aromatic N) is 3. The molecular formula is C34H40ClN3O5. The summed E-state index contributed by atoms with van der Waals surface area (Å²) >= 11 is 6.56. The summed E-state index contributed by atoms with van der Waals surface area (Å²) in [6, 6.07) is 15.6.